The van der Waals surface area contributed by atoms with Gasteiger partial charge in [-0.15, -0.1) is 0 Å². The average Bonchev–Trinajstić information content (AvgIpc) is 2.60. The van der Waals surface area contributed by atoms with Crippen molar-refractivity contribution in [2.75, 3.05) is 11.9 Å². The Morgan fingerprint density at radius 2 is 1.92 bits per heavy atom. The summed E-state index contributed by atoms with van der Waals surface area (Å²) in [5, 5.41) is 3.03. The predicted octanol–water partition coefficient (Wildman–Crippen LogP) is 3.30. The fourth-order valence-corrected chi connectivity index (χ4v) is 2.11. The van der Waals surface area contributed by atoms with Crippen LogP contribution < -0.4 is 5.32 Å². The van der Waals surface area contributed by atoms with Crippen LogP contribution in [0.25, 0.3) is 0 Å². The maximum atomic E-state index is 11.8. The smallest absolute Gasteiger partial charge is 0.338 e. The molecule has 1 aromatic carbocycles. The molecule has 0 bridgehead atoms. The molecule has 24 heavy (non-hydrogen) atoms. The van der Waals surface area contributed by atoms with Gasteiger partial charge in [0.05, 0.1) is 15.6 Å². The fourth-order valence-electron chi connectivity index (χ4n) is 1.72. The Hall–Kier alpha value is -2.44. The molecule has 0 aliphatic rings. The van der Waals surface area contributed by atoms with Crippen LogP contribution in [0.4, 0.5) is 5.82 Å². The van der Waals surface area contributed by atoms with Crippen LogP contribution in [-0.2, 0) is 9.53 Å². The van der Waals surface area contributed by atoms with Crippen molar-refractivity contribution in [1.82, 2.24) is 4.98 Å². The van der Waals surface area contributed by atoms with Crippen molar-refractivity contribution in [1.29, 1.82) is 0 Å². The molecule has 124 valence electrons. The van der Waals surface area contributed by atoms with Crippen molar-refractivity contribution in [3.05, 3.63) is 57.2 Å². The van der Waals surface area contributed by atoms with Crippen molar-refractivity contribution >= 4 is 47.2 Å². The number of nitrogens with one attached hydrogen (secondary N) is 1. The molecule has 0 spiro atoms. The lowest BCUT2D eigenvalue weighted by atomic mass is 10.1. The van der Waals surface area contributed by atoms with Crippen molar-refractivity contribution in [2.24, 2.45) is 0 Å². The summed E-state index contributed by atoms with van der Waals surface area (Å²) in [4.78, 5) is 38.1. The van der Waals surface area contributed by atoms with Crippen molar-refractivity contribution in [2.45, 2.75) is 6.92 Å². The molecular formula is C16H12Cl2N2O4. The minimum absolute atomic E-state index is 0.134. The van der Waals surface area contributed by atoms with E-state index in [1.807, 2.05) is 0 Å². The molecule has 0 saturated heterocycles. The van der Waals surface area contributed by atoms with Crippen LogP contribution in [0.15, 0.2) is 30.5 Å². The lowest BCUT2D eigenvalue weighted by molar-refractivity contribution is -0.119. The van der Waals surface area contributed by atoms with Gasteiger partial charge < -0.3 is 10.1 Å². The molecule has 0 fully saturated rings. The number of aldehydes is 1. The molecule has 1 aromatic heterocycles. The maximum absolute atomic E-state index is 11.8. The van der Waals surface area contributed by atoms with Gasteiger partial charge in [-0.05, 0) is 24.6 Å². The van der Waals surface area contributed by atoms with E-state index in [1.54, 1.807) is 6.92 Å². The standard InChI is InChI=1S/C16H12Cl2N2O4/c1-9-12(17)6-19-15(14(9)18)20-13(22)8-24-16(23)11-4-2-10(7-21)3-5-11/h2-7H,8H2,1H3,(H,19,20,22). The zero-order valence-corrected chi connectivity index (χ0v) is 14.0. The van der Waals surface area contributed by atoms with Gasteiger partial charge in [-0.3, -0.25) is 9.59 Å². The number of rotatable bonds is 5. The van der Waals surface area contributed by atoms with E-state index in [0.29, 0.717) is 22.4 Å². The van der Waals surface area contributed by atoms with Crippen LogP contribution in [0.2, 0.25) is 10.0 Å². The van der Waals surface area contributed by atoms with Crippen molar-refractivity contribution in [3.8, 4) is 0 Å². The largest absolute Gasteiger partial charge is 0.452 e. The van der Waals surface area contributed by atoms with Gasteiger partial charge in [-0.25, -0.2) is 9.78 Å². The summed E-state index contributed by atoms with van der Waals surface area (Å²) in [6.45, 7) is 1.18. The summed E-state index contributed by atoms with van der Waals surface area (Å²) in [6, 6.07) is 5.82. The number of amides is 1. The highest BCUT2D eigenvalue weighted by Gasteiger charge is 2.14. The van der Waals surface area contributed by atoms with Gasteiger partial charge in [-0.1, -0.05) is 35.3 Å². The zero-order chi connectivity index (χ0) is 17.7. The molecule has 0 saturated carbocycles. The molecule has 1 amide bonds. The van der Waals surface area contributed by atoms with Gasteiger partial charge in [0.1, 0.15) is 6.29 Å². The molecule has 2 aromatic rings. The second-order valence-electron chi connectivity index (χ2n) is 4.76. The molecule has 0 atom stereocenters. The molecule has 2 rings (SSSR count). The van der Waals surface area contributed by atoms with Gasteiger partial charge in [0.2, 0.25) is 0 Å². The lowest BCUT2D eigenvalue weighted by Crippen LogP contribution is -2.21. The molecular weight excluding hydrogens is 355 g/mol. The Morgan fingerprint density at radius 3 is 2.54 bits per heavy atom. The van der Waals surface area contributed by atoms with Gasteiger partial charge in [0.15, 0.2) is 12.4 Å². The number of hydrogen-bond acceptors (Lipinski definition) is 5. The molecule has 0 aliphatic heterocycles. The Morgan fingerprint density at radius 1 is 1.25 bits per heavy atom. The lowest BCUT2D eigenvalue weighted by Gasteiger charge is -2.09. The van der Waals surface area contributed by atoms with Crippen LogP contribution in [0.5, 0.6) is 0 Å². The van der Waals surface area contributed by atoms with Gasteiger partial charge in [0.25, 0.3) is 5.91 Å². The quantitative estimate of drug-likeness (QED) is 0.647. The van der Waals surface area contributed by atoms with Crippen molar-refractivity contribution in [3.63, 3.8) is 0 Å². The summed E-state index contributed by atoms with van der Waals surface area (Å²) in [5.41, 5.74) is 1.24. The van der Waals surface area contributed by atoms with Gasteiger partial charge in [-0.2, -0.15) is 0 Å². The minimum atomic E-state index is -0.686. The zero-order valence-electron chi connectivity index (χ0n) is 12.5. The Balaban J connectivity index is 1.94. The molecule has 0 radical (unpaired) electrons. The first-order chi connectivity index (χ1) is 11.4. The number of aromatic nitrogens is 1. The average molecular weight is 367 g/mol. The van der Waals surface area contributed by atoms with Crippen LogP contribution >= 0.6 is 23.2 Å². The number of hydrogen-bond donors (Lipinski definition) is 1. The number of anilines is 1. The number of halogens is 2. The molecule has 8 heteroatoms. The van der Waals surface area contributed by atoms with Crippen LogP contribution in [0, 0.1) is 6.92 Å². The number of nitrogens with zero attached hydrogens (tertiary/aromatic N) is 1. The summed E-state index contributed by atoms with van der Waals surface area (Å²) >= 11 is 11.9. The number of benzene rings is 1. The monoisotopic (exact) mass is 366 g/mol. The predicted molar refractivity (Wildman–Crippen MR) is 89.7 cm³/mol. The first kappa shape index (κ1) is 17.9. The van der Waals surface area contributed by atoms with E-state index in [-0.39, 0.29) is 16.4 Å². The first-order valence-corrected chi connectivity index (χ1v) is 7.50. The third kappa shape index (κ3) is 4.31. The summed E-state index contributed by atoms with van der Waals surface area (Å²) in [5.74, 6) is -1.15. The summed E-state index contributed by atoms with van der Waals surface area (Å²) in [7, 11) is 0. The normalized spacial score (nSPS) is 10.1. The third-order valence-electron chi connectivity index (χ3n) is 3.08. The van der Waals surface area contributed by atoms with E-state index in [4.69, 9.17) is 27.9 Å². The molecule has 1 heterocycles. The van der Waals surface area contributed by atoms with E-state index in [0.717, 1.165) is 0 Å². The van der Waals surface area contributed by atoms with E-state index >= 15 is 0 Å². The highest BCUT2D eigenvalue weighted by Crippen LogP contribution is 2.28. The molecule has 6 nitrogen and oxygen atoms in total. The summed E-state index contributed by atoms with van der Waals surface area (Å²) in [6.07, 6.45) is 2.02. The first-order valence-electron chi connectivity index (χ1n) is 6.75. The number of esters is 1. The highest BCUT2D eigenvalue weighted by molar-refractivity contribution is 6.37. The fraction of sp³-hybridized carbons (Fsp3) is 0.125. The molecule has 1 N–H and O–H groups in total. The third-order valence-corrected chi connectivity index (χ3v) is 3.92. The minimum Gasteiger partial charge on any atom is -0.452 e. The van der Waals surface area contributed by atoms with Crippen molar-refractivity contribution < 1.29 is 19.1 Å². The number of ether oxygens (including phenoxy) is 1. The topological polar surface area (TPSA) is 85.4 Å². The van der Waals surface area contributed by atoms with E-state index in [1.165, 1.54) is 30.5 Å². The Labute approximate surface area is 147 Å². The Bertz CT molecular complexity index is 791. The van der Waals surface area contributed by atoms with E-state index < -0.39 is 18.5 Å². The molecule has 0 aliphatic carbocycles. The number of carbonyl (C=O) groups excluding carboxylic acids is 3. The van der Waals surface area contributed by atoms with Gasteiger partial charge >= 0.3 is 5.97 Å². The van der Waals surface area contributed by atoms with Crippen LogP contribution in [-0.4, -0.2) is 29.8 Å². The van der Waals surface area contributed by atoms with Crippen LogP contribution in [0.3, 0.4) is 0 Å². The second kappa shape index (κ2) is 7.90. The maximum Gasteiger partial charge on any atom is 0.338 e. The Kier molecular flexibility index (Phi) is 5.89. The summed E-state index contributed by atoms with van der Waals surface area (Å²) < 4.78 is 4.89. The van der Waals surface area contributed by atoms with E-state index in [9.17, 15) is 14.4 Å². The highest BCUT2D eigenvalue weighted by atomic mass is 35.5. The van der Waals surface area contributed by atoms with Gasteiger partial charge in [0, 0.05) is 11.8 Å². The molecule has 0 unspecified atom stereocenters. The van der Waals surface area contributed by atoms with Crippen LogP contribution in [0.1, 0.15) is 26.3 Å². The SMILES string of the molecule is Cc1c(Cl)cnc(NC(=O)COC(=O)c2ccc(C=O)cc2)c1Cl. The number of pyridine rings is 1. The van der Waals surface area contributed by atoms with E-state index in [2.05, 4.69) is 10.3 Å². The number of carbonyl (C=O) groups is 3. The second-order valence-corrected chi connectivity index (χ2v) is 5.54.